The molecule has 2 aromatic carbocycles. The van der Waals surface area contributed by atoms with E-state index in [2.05, 4.69) is 19.2 Å². The Bertz CT molecular complexity index is 902. The molecule has 0 fully saturated rings. The highest BCUT2D eigenvalue weighted by atomic mass is 19.1. The van der Waals surface area contributed by atoms with Crippen LogP contribution in [0.1, 0.15) is 32.3 Å². The predicted octanol–water partition coefficient (Wildman–Crippen LogP) is 5.17. The van der Waals surface area contributed by atoms with Gasteiger partial charge in [-0.1, -0.05) is 44.2 Å². The Morgan fingerprint density at radius 3 is 2.48 bits per heavy atom. The summed E-state index contributed by atoms with van der Waals surface area (Å²) in [6, 6.07) is 15.5. The van der Waals surface area contributed by atoms with Crippen LogP contribution in [0, 0.1) is 11.2 Å². The highest BCUT2D eigenvalue weighted by molar-refractivity contribution is 5.98. The fraction of sp³-hybridized carbons (Fsp3) is 0.333. The molecule has 0 spiro atoms. The molecule has 1 aliphatic carbocycles. The number of rotatable bonds is 6. The minimum Gasteiger partial charge on any atom is -0.467 e. The van der Waals surface area contributed by atoms with Crippen LogP contribution in [0.4, 0.5) is 10.1 Å². The summed E-state index contributed by atoms with van der Waals surface area (Å²) >= 11 is 0. The van der Waals surface area contributed by atoms with Gasteiger partial charge in [-0.25, -0.2) is 9.18 Å². The third-order valence-electron chi connectivity index (χ3n) is 4.89. The molecule has 0 radical (unpaired) electrons. The number of aliphatic imine (C=N–C) groups is 1. The van der Waals surface area contributed by atoms with Crippen molar-refractivity contribution in [3.8, 4) is 0 Å². The number of methoxy groups -OCH3 is 1. The molecule has 0 aromatic heterocycles. The summed E-state index contributed by atoms with van der Waals surface area (Å²) in [5.41, 5.74) is 3.70. The van der Waals surface area contributed by atoms with Crippen molar-refractivity contribution in [3.63, 3.8) is 0 Å². The number of halogens is 1. The second-order valence-electron chi connectivity index (χ2n) is 8.17. The minimum atomic E-state index is -0.588. The SMILES string of the molecule is COC(=O)C(Cc1ccccc1)N=C1C=C(Nc2ccc(F)cc2)CC(C)(C)C1. The normalized spacial score (nSPS) is 18.1. The summed E-state index contributed by atoms with van der Waals surface area (Å²) in [6.45, 7) is 4.35. The van der Waals surface area contributed by atoms with Crippen LogP contribution in [0.15, 0.2) is 71.4 Å². The van der Waals surface area contributed by atoms with Crippen LogP contribution in [0.5, 0.6) is 0 Å². The van der Waals surface area contributed by atoms with Gasteiger partial charge in [0.1, 0.15) is 5.82 Å². The monoisotopic (exact) mass is 394 g/mol. The molecule has 1 N–H and O–H groups in total. The number of esters is 1. The van der Waals surface area contributed by atoms with Gasteiger partial charge in [-0.2, -0.15) is 0 Å². The number of allylic oxidation sites excluding steroid dienone is 2. The molecule has 5 heteroatoms. The largest absolute Gasteiger partial charge is 0.467 e. The molecule has 0 heterocycles. The molecular weight excluding hydrogens is 367 g/mol. The van der Waals surface area contributed by atoms with Gasteiger partial charge in [-0.3, -0.25) is 4.99 Å². The Morgan fingerprint density at radius 1 is 1.14 bits per heavy atom. The maximum atomic E-state index is 13.2. The molecule has 1 atom stereocenters. The maximum absolute atomic E-state index is 13.2. The molecule has 0 saturated carbocycles. The van der Waals surface area contributed by atoms with Gasteiger partial charge in [0.25, 0.3) is 0 Å². The second-order valence-corrected chi connectivity index (χ2v) is 8.17. The van der Waals surface area contributed by atoms with Gasteiger partial charge in [-0.05, 0) is 54.2 Å². The van der Waals surface area contributed by atoms with Crippen LogP contribution in [0.25, 0.3) is 0 Å². The van der Waals surface area contributed by atoms with Crippen LogP contribution in [-0.4, -0.2) is 24.8 Å². The smallest absolute Gasteiger partial charge is 0.330 e. The third kappa shape index (κ3) is 6.01. The molecule has 29 heavy (non-hydrogen) atoms. The number of benzene rings is 2. The Balaban J connectivity index is 1.86. The number of nitrogens with zero attached hydrogens (tertiary/aromatic N) is 1. The van der Waals surface area contributed by atoms with Crippen molar-refractivity contribution in [1.82, 2.24) is 0 Å². The molecule has 0 amide bonds. The van der Waals surface area contributed by atoms with Gasteiger partial charge in [-0.15, -0.1) is 0 Å². The molecule has 152 valence electrons. The van der Waals surface area contributed by atoms with E-state index < -0.39 is 6.04 Å². The van der Waals surface area contributed by atoms with Gasteiger partial charge in [0, 0.05) is 23.5 Å². The van der Waals surface area contributed by atoms with Crippen molar-refractivity contribution in [2.75, 3.05) is 12.4 Å². The van der Waals surface area contributed by atoms with Gasteiger partial charge in [0.15, 0.2) is 6.04 Å². The van der Waals surface area contributed by atoms with Crippen molar-refractivity contribution >= 4 is 17.4 Å². The van der Waals surface area contributed by atoms with Crippen molar-refractivity contribution in [3.05, 3.63) is 77.8 Å². The average molecular weight is 394 g/mol. The first-order valence-electron chi connectivity index (χ1n) is 9.76. The van der Waals surface area contributed by atoms with Crippen LogP contribution < -0.4 is 5.32 Å². The Hall–Kier alpha value is -2.95. The molecule has 1 aliphatic rings. The summed E-state index contributed by atoms with van der Waals surface area (Å²) in [5.74, 6) is -0.608. The van der Waals surface area contributed by atoms with E-state index in [0.29, 0.717) is 6.42 Å². The summed E-state index contributed by atoms with van der Waals surface area (Å²) < 4.78 is 18.2. The van der Waals surface area contributed by atoms with Gasteiger partial charge < -0.3 is 10.1 Å². The zero-order valence-electron chi connectivity index (χ0n) is 17.1. The van der Waals surface area contributed by atoms with E-state index in [1.165, 1.54) is 19.2 Å². The Kier molecular flexibility index (Phi) is 6.47. The van der Waals surface area contributed by atoms with E-state index in [4.69, 9.17) is 9.73 Å². The zero-order valence-corrected chi connectivity index (χ0v) is 17.1. The summed E-state index contributed by atoms with van der Waals surface area (Å²) in [6.07, 6.45) is 4.09. The Labute approximate surface area is 171 Å². The lowest BCUT2D eigenvalue weighted by Gasteiger charge is -2.31. The molecule has 2 aromatic rings. The van der Waals surface area contributed by atoms with E-state index >= 15 is 0 Å². The molecule has 0 saturated heterocycles. The number of hydrogen-bond donors (Lipinski definition) is 1. The highest BCUT2D eigenvalue weighted by Crippen LogP contribution is 2.35. The van der Waals surface area contributed by atoms with Crippen LogP contribution in [0.2, 0.25) is 0 Å². The first-order chi connectivity index (χ1) is 13.8. The topological polar surface area (TPSA) is 50.7 Å². The number of ether oxygens (including phenoxy) is 1. The molecule has 0 bridgehead atoms. The second kappa shape index (κ2) is 9.03. The molecule has 1 unspecified atom stereocenters. The van der Waals surface area contributed by atoms with Crippen molar-refractivity contribution < 1.29 is 13.9 Å². The van der Waals surface area contributed by atoms with E-state index in [0.717, 1.165) is 35.5 Å². The van der Waals surface area contributed by atoms with Crippen molar-refractivity contribution in [2.24, 2.45) is 10.4 Å². The molecule has 0 aliphatic heterocycles. The Morgan fingerprint density at radius 2 is 1.83 bits per heavy atom. The average Bonchev–Trinajstić information content (AvgIpc) is 2.68. The minimum absolute atomic E-state index is 0.0106. The number of carbonyl (C=O) groups is 1. The van der Waals surface area contributed by atoms with Crippen molar-refractivity contribution in [2.45, 2.75) is 39.2 Å². The lowest BCUT2D eigenvalue weighted by atomic mass is 9.78. The number of hydrogen-bond acceptors (Lipinski definition) is 4. The summed E-state index contributed by atoms with van der Waals surface area (Å²) in [4.78, 5) is 17.1. The van der Waals surface area contributed by atoms with E-state index in [9.17, 15) is 9.18 Å². The van der Waals surface area contributed by atoms with Crippen LogP contribution >= 0.6 is 0 Å². The number of nitrogens with one attached hydrogen (secondary N) is 1. The van der Waals surface area contributed by atoms with E-state index in [1.54, 1.807) is 12.1 Å². The quantitative estimate of drug-likeness (QED) is 0.688. The van der Waals surface area contributed by atoms with Crippen LogP contribution in [-0.2, 0) is 16.0 Å². The van der Waals surface area contributed by atoms with Gasteiger partial charge in [0.05, 0.1) is 7.11 Å². The maximum Gasteiger partial charge on any atom is 0.330 e. The van der Waals surface area contributed by atoms with E-state index in [-0.39, 0.29) is 17.2 Å². The van der Waals surface area contributed by atoms with Gasteiger partial charge in [0.2, 0.25) is 0 Å². The summed E-state index contributed by atoms with van der Waals surface area (Å²) in [7, 11) is 1.39. The number of anilines is 1. The highest BCUT2D eigenvalue weighted by Gasteiger charge is 2.28. The fourth-order valence-corrected chi connectivity index (χ4v) is 3.61. The van der Waals surface area contributed by atoms with Gasteiger partial charge >= 0.3 is 5.97 Å². The van der Waals surface area contributed by atoms with Crippen LogP contribution in [0.3, 0.4) is 0 Å². The summed E-state index contributed by atoms with van der Waals surface area (Å²) in [5, 5.41) is 3.36. The molecular formula is C24H27FN2O2. The van der Waals surface area contributed by atoms with Crippen molar-refractivity contribution in [1.29, 1.82) is 0 Å². The lowest BCUT2D eigenvalue weighted by molar-refractivity contribution is -0.142. The molecule has 4 nitrogen and oxygen atoms in total. The standard InChI is InChI=1S/C24H27FN2O2/c1-24(2)15-20(26-19-11-9-18(25)10-12-19)14-21(16-24)27-22(23(28)29-3)13-17-7-5-4-6-8-17/h4-12,14,22,26H,13,15-16H2,1-3H3. The lowest BCUT2D eigenvalue weighted by Crippen LogP contribution is -2.29. The fourth-order valence-electron chi connectivity index (χ4n) is 3.61. The zero-order chi connectivity index (χ0) is 20.9. The predicted molar refractivity (Wildman–Crippen MR) is 115 cm³/mol. The number of carbonyl (C=O) groups excluding carboxylic acids is 1. The third-order valence-corrected chi connectivity index (χ3v) is 4.89. The van der Waals surface area contributed by atoms with E-state index in [1.807, 2.05) is 36.4 Å². The molecule has 3 rings (SSSR count). The first kappa shape index (κ1) is 20.8. The first-order valence-corrected chi connectivity index (χ1v) is 9.76.